The molecule has 5 heterocycles. The van der Waals surface area contributed by atoms with Crippen LogP contribution in [0.3, 0.4) is 0 Å². The van der Waals surface area contributed by atoms with Crippen LogP contribution < -0.4 is 11.1 Å². The second-order valence-electron chi connectivity index (χ2n) is 10.7. The number of aromatic amines is 1. The van der Waals surface area contributed by atoms with Gasteiger partial charge in [0.2, 0.25) is 5.91 Å². The first-order valence-electron chi connectivity index (χ1n) is 13.2. The third kappa shape index (κ3) is 4.38. The number of carbonyl (C=O) groups excluding carboxylic acids is 1. The molecule has 1 fully saturated rings. The van der Waals surface area contributed by atoms with Gasteiger partial charge in [-0.2, -0.15) is 5.10 Å². The number of hydrogen-bond donors (Lipinski definition) is 3. The fraction of sp³-hybridized carbons (Fsp3) is 0.345. The molecular weight excluding hydrogens is 508 g/mol. The molecule has 4 N–H and O–H groups in total. The van der Waals surface area contributed by atoms with E-state index in [-0.39, 0.29) is 17.2 Å². The number of thiophene rings is 1. The summed E-state index contributed by atoms with van der Waals surface area (Å²) in [5.41, 5.74) is 12.0. The molecule has 1 saturated carbocycles. The van der Waals surface area contributed by atoms with Gasteiger partial charge in [0.25, 0.3) is 0 Å². The number of nitrogens with two attached hydrogens (primary N) is 1. The summed E-state index contributed by atoms with van der Waals surface area (Å²) >= 11 is 1.79. The minimum Gasteiger partial charge on any atom is -0.404 e. The van der Waals surface area contributed by atoms with Crippen LogP contribution in [-0.4, -0.2) is 43.4 Å². The minimum absolute atomic E-state index is 0.0689. The Kier molecular flexibility index (Phi) is 6.22. The van der Waals surface area contributed by atoms with Crippen LogP contribution in [0.5, 0.6) is 0 Å². The molecule has 0 bridgehead atoms. The molecule has 1 unspecified atom stereocenters. The van der Waals surface area contributed by atoms with E-state index in [1.165, 1.54) is 16.0 Å². The number of imidazole rings is 1. The molecule has 4 aromatic heterocycles. The number of pyridine rings is 1. The molecule has 4 aromatic rings. The number of carbonyl (C=O) groups is 1. The van der Waals surface area contributed by atoms with E-state index >= 15 is 0 Å². The summed E-state index contributed by atoms with van der Waals surface area (Å²) in [6, 6.07) is 8.23. The topological polar surface area (TPSA) is 127 Å². The fourth-order valence-electron chi connectivity index (χ4n) is 5.24. The zero-order valence-corrected chi connectivity index (χ0v) is 23.4. The number of aromatic nitrogens is 5. The van der Waals surface area contributed by atoms with E-state index in [2.05, 4.69) is 41.3 Å². The van der Waals surface area contributed by atoms with Crippen molar-refractivity contribution in [1.82, 2.24) is 30.0 Å². The molecule has 1 aliphatic carbocycles. The molecule has 9 nitrogen and oxygen atoms in total. The van der Waals surface area contributed by atoms with Gasteiger partial charge in [-0.15, -0.1) is 11.3 Å². The smallest absolute Gasteiger partial charge is 0.227 e. The van der Waals surface area contributed by atoms with Crippen molar-refractivity contribution in [3.63, 3.8) is 0 Å². The zero-order valence-electron chi connectivity index (χ0n) is 22.6. The number of H-pyrrole nitrogens is 1. The number of nitrogens with zero attached hydrogens (tertiary/aromatic N) is 5. The van der Waals surface area contributed by atoms with E-state index in [9.17, 15) is 4.79 Å². The Morgan fingerprint density at radius 2 is 2.08 bits per heavy atom. The summed E-state index contributed by atoms with van der Waals surface area (Å²) in [5.74, 6) is 0.834. The monoisotopic (exact) mass is 540 g/mol. The highest BCUT2D eigenvalue weighted by atomic mass is 32.1. The van der Waals surface area contributed by atoms with Crippen LogP contribution >= 0.6 is 11.3 Å². The molecule has 6 rings (SSSR count). The number of fused-ring (bicyclic) bond motifs is 2. The Balaban J connectivity index is 1.37. The van der Waals surface area contributed by atoms with Crippen LogP contribution in [-0.2, 0) is 17.3 Å². The first-order chi connectivity index (χ1) is 18.8. The summed E-state index contributed by atoms with van der Waals surface area (Å²) in [6.45, 7) is 6.85. The lowest BCUT2D eigenvalue weighted by molar-refractivity contribution is -0.126. The second kappa shape index (κ2) is 9.60. The van der Waals surface area contributed by atoms with Crippen molar-refractivity contribution in [3.05, 3.63) is 69.1 Å². The minimum atomic E-state index is -0.293. The average molecular weight is 541 g/mol. The number of allylic oxidation sites excluding steroid dienone is 3. The third-order valence-corrected chi connectivity index (χ3v) is 9.02. The molecule has 1 amide bonds. The van der Waals surface area contributed by atoms with Crippen molar-refractivity contribution < 1.29 is 4.79 Å². The van der Waals surface area contributed by atoms with Crippen LogP contribution in [0.1, 0.15) is 59.9 Å². The lowest BCUT2D eigenvalue weighted by Gasteiger charge is -2.28. The van der Waals surface area contributed by atoms with Crippen molar-refractivity contribution in [3.8, 4) is 11.5 Å². The van der Waals surface area contributed by atoms with Gasteiger partial charge in [-0.05, 0) is 64.0 Å². The number of aliphatic imine (C=N–C) groups is 1. The van der Waals surface area contributed by atoms with E-state index in [0.29, 0.717) is 29.3 Å². The Labute approximate surface area is 231 Å². The quantitative estimate of drug-likeness (QED) is 0.308. The largest absolute Gasteiger partial charge is 0.404 e. The van der Waals surface area contributed by atoms with Gasteiger partial charge in [-0.25, -0.2) is 9.97 Å². The molecule has 1 atom stereocenters. The van der Waals surface area contributed by atoms with Gasteiger partial charge in [0.15, 0.2) is 11.5 Å². The number of rotatable bonds is 6. The average Bonchev–Trinajstić information content (AvgIpc) is 3.59. The number of aryl methyl sites for hydroxylation is 2. The summed E-state index contributed by atoms with van der Waals surface area (Å²) < 4.78 is 1.81. The maximum absolute atomic E-state index is 12.4. The van der Waals surface area contributed by atoms with Gasteiger partial charge in [0, 0.05) is 46.4 Å². The second-order valence-corrected chi connectivity index (χ2v) is 11.9. The fourth-order valence-corrected chi connectivity index (χ4v) is 6.25. The van der Waals surface area contributed by atoms with Crippen LogP contribution in [0.25, 0.3) is 28.1 Å². The molecule has 0 aromatic carbocycles. The number of hydrogen-bond acceptors (Lipinski definition) is 7. The van der Waals surface area contributed by atoms with Crippen molar-refractivity contribution in [2.75, 3.05) is 6.54 Å². The predicted molar refractivity (Wildman–Crippen MR) is 155 cm³/mol. The third-order valence-electron chi connectivity index (χ3n) is 7.75. The summed E-state index contributed by atoms with van der Waals surface area (Å²) in [6.07, 6.45) is 8.23. The standard InChI is InChI=1S/C29H32N8OS/c1-16(32-28(38)18-6-5-7-18)12-19(13-30)20-9-10-22-24(33-20)25(36-37(22)4)27-34-21-14-31-15-29(3,26(21)35-27)23-11-8-17(2)39-23/h8-14,18H,5-7,15,30H2,1-4H3,(H,32,38)(H,34,35)/b16-12+,19-13+. The van der Waals surface area contributed by atoms with E-state index < -0.39 is 0 Å². The van der Waals surface area contributed by atoms with Crippen molar-refractivity contribution in [1.29, 1.82) is 0 Å². The summed E-state index contributed by atoms with van der Waals surface area (Å²) in [4.78, 5) is 33.0. The Morgan fingerprint density at radius 1 is 1.26 bits per heavy atom. The Hall–Kier alpha value is -4.05. The van der Waals surface area contributed by atoms with Crippen molar-refractivity contribution in [2.24, 2.45) is 23.7 Å². The van der Waals surface area contributed by atoms with E-state index in [1.807, 2.05) is 43.1 Å². The number of amides is 1. The first kappa shape index (κ1) is 25.2. The van der Waals surface area contributed by atoms with Crippen LogP contribution in [0.15, 0.2) is 47.2 Å². The predicted octanol–water partition coefficient (Wildman–Crippen LogP) is 4.59. The Bertz CT molecular complexity index is 1680. The first-order valence-corrected chi connectivity index (χ1v) is 14.0. The molecule has 1 aliphatic heterocycles. The van der Waals surface area contributed by atoms with Gasteiger partial charge in [-0.1, -0.05) is 6.42 Å². The zero-order chi connectivity index (χ0) is 27.3. The highest BCUT2D eigenvalue weighted by Crippen LogP contribution is 2.40. The summed E-state index contributed by atoms with van der Waals surface area (Å²) in [5, 5.41) is 7.79. The van der Waals surface area contributed by atoms with E-state index in [0.717, 1.165) is 47.4 Å². The SMILES string of the molecule is C/C(=C\C(=C/N)c1ccc2c(n1)c(-c1nc3c([nH]1)C(C)(c1ccc(C)s1)CN=C3)nn2C)NC(=O)C1CCC1. The van der Waals surface area contributed by atoms with Gasteiger partial charge in [0.05, 0.1) is 28.9 Å². The molecule has 0 saturated heterocycles. The molecule has 2 aliphatic rings. The number of nitrogens with one attached hydrogen (secondary N) is 2. The van der Waals surface area contributed by atoms with Crippen molar-refractivity contribution in [2.45, 2.75) is 45.4 Å². The van der Waals surface area contributed by atoms with Gasteiger partial charge < -0.3 is 16.0 Å². The van der Waals surface area contributed by atoms with Gasteiger partial charge >= 0.3 is 0 Å². The molecule has 0 spiro atoms. The highest BCUT2D eigenvalue weighted by Gasteiger charge is 2.37. The lowest BCUT2D eigenvalue weighted by Crippen LogP contribution is -2.33. The molecule has 39 heavy (non-hydrogen) atoms. The van der Waals surface area contributed by atoms with E-state index in [1.54, 1.807) is 11.3 Å². The van der Waals surface area contributed by atoms with Gasteiger partial charge in [-0.3, -0.25) is 14.5 Å². The van der Waals surface area contributed by atoms with Crippen LogP contribution in [0.2, 0.25) is 0 Å². The van der Waals surface area contributed by atoms with Crippen LogP contribution in [0, 0.1) is 12.8 Å². The highest BCUT2D eigenvalue weighted by molar-refractivity contribution is 7.12. The van der Waals surface area contributed by atoms with Gasteiger partial charge in [0.1, 0.15) is 11.2 Å². The van der Waals surface area contributed by atoms with Crippen molar-refractivity contribution >= 4 is 40.1 Å². The molecule has 0 radical (unpaired) electrons. The maximum atomic E-state index is 12.4. The molecule has 10 heteroatoms. The molecule has 200 valence electrons. The van der Waals surface area contributed by atoms with E-state index in [4.69, 9.17) is 20.8 Å². The Morgan fingerprint density at radius 3 is 2.77 bits per heavy atom. The maximum Gasteiger partial charge on any atom is 0.227 e. The molecular formula is C29H32N8OS. The normalized spacial score (nSPS) is 19.8. The van der Waals surface area contributed by atoms with Crippen LogP contribution in [0.4, 0.5) is 0 Å². The summed E-state index contributed by atoms with van der Waals surface area (Å²) in [7, 11) is 1.90. The lowest BCUT2D eigenvalue weighted by atomic mass is 9.82.